The lowest BCUT2D eigenvalue weighted by Gasteiger charge is -2.33. The Morgan fingerprint density at radius 2 is 1.56 bits per heavy atom. The van der Waals surface area contributed by atoms with E-state index in [4.69, 9.17) is 16.3 Å². The van der Waals surface area contributed by atoms with Crippen molar-refractivity contribution in [3.8, 4) is 5.75 Å². The van der Waals surface area contributed by atoms with Crippen molar-refractivity contribution < 1.29 is 22.7 Å². The molecule has 0 aliphatic rings. The van der Waals surface area contributed by atoms with Crippen LogP contribution in [0.3, 0.4) is 0 Å². The topological polar surface area (TPSA) is 96.0 Å². The molecule has 3 rings (SSSR count). The summed E-state index contributed by atoms with van der Waals surface area (Å²) in [6.45, 7) is 5.46. The Balaban J connectivity index is 2.00. The summed E-state index contributed by atoms with van der Waals surface area (Å²) < 4.78 is 34.1. The van der Waals surface area contributed by atoms with E-state index >= 15 is 0 Å². The molecule has 3 aromatic rings. The van der Waals surface area contributed by atoms with Crippen molar-refractivity contribution in [1.82, 2.24) is 10.2 Å². The van der Waals surface area contributed by atoms with Crippen LogP contribution in [-0.2, 0) is 26.0 Å². The molecule has 1 N–H and O–H groups in total. The summed E-state index contributed by atoms with van der Waals surface area (Å²) in [5.74, 6) is -0.248. The van der Waals surface area contributed by atoms with Gasteiger partial charge >= 0.3 is 0 Å². The van der Waals surface area contributed by atoms with E-state index in [1.165, 1.54) is 24.1 Å². The summed E-state index contributed by atoms with van der Waals surface area (Å²) in [7, 11) is -2.68. The predicted molar refractivity (Wildman–Crippen MR) is 163 cm³/mol. The number of amides is 2. The van der Waals surface area contributed by atoms with Gasteiger partial charge in [-0.3, -0.25) is 13.9 Å². The predicted octanol–water partition coefficient (Wildman–Crippen LogP) is 5.31. The van der Waals surface area contributed by atoms with Crippen molar-refractivity contribution in [3.63, 3.8) is 0 Å². The molecule has 0 aliphatic heterocycles. The minimum absolute atomic E-state index is 0.00144. The molecule has 41 heavy (non-hydrogen) atoms. The highest BCUT2D eigenvalue weighted by Crippen LogP contribution is 2.27. The van der Waals surface area contributed by atoms with E-state index in [2.05, 4.69) is 5.32 Å². The van der Waals surface area contributed by atoms with Gasteiger partial charge in [0.05, 0.1) is 17.7 Å². The quantitative estimate of drug-likeness (QED) is 0.271. The molecular formula is C31H38ClN3O5S. The van der Waals surface area contributed by atoms with Crippen LogP contribution in [0.2, 0.25) is 5.02 Å². The molecule has 0 aliphatic carbocycles. The summed E-state index contributed by atoms with van der Waals surface area (Å²) in [6.07, 6.45) is 1.62. The van der Waals surface area contributed by atoms with Gasteiger partial charge in [-0.05, 0) is 80.3 Å². The first-order valence-corrected chi connectivity index (χ1v) is 15.5. The number of carbonyl (C=O) groups excluding carboxylic acids is 2. The lowest BCUT2D eigenvalue weighted by Crippen LogP contribution is -2.54. The fraction of sp³-hybridized carbons (Fsp3) is 0.355. The molecule has 2 unspecified atom stereocenters. The second-order valence-electron chi connectivity index (χ2n) is 9.73. The fourth-order valence-electron chi connectivity index (χ4n) is 4.35. The Labute approximate surface area is 248 Å². The highest BCUT2D eigenvalue weighted by Gasteiger charge is 2.33. The summed E-state index contributed by atoms with van der Waals surface area (Å²) in [4.78, 5) is 28.9. The number of nitrogens with one attached hydrogen (secondary N) is 1. The number of carbonyl (C=O) groups is 2. The van der Waals surface area contributed by atoms with Crippen LogP contribution in [0.1, 0.15) is 39.2 Å². The van der Waals surface area contributed by atoms with Gasteiger partial charge in [0, 0.05) is 17.6 Å². The standard InChI is InChI=1S/C31H38ClN3O5S/c1-5-23(3)33-31(37)29(6-2)34(21-20-24-10-8-7-9-11-24)30(36)22-35(26-14-12-25(32)13-15-26)41(38,39)28-18-16-27(40-4)17-19-28/h7-19,23,29H,5-6,20-22H2,1-4H3,(H,33,37). The van der Waals surface area contributed by atoms with Crippen molar-refractivity contribution in [2.45, 2.75) is 57.0 Å². The summed E-state index contributed by atoms with van der Waals surface area (Å²) in [5.41, 5.74) is 1.28. The van der Waals surface area contributed by atoms with Crippen LogP contribution in [0.25, 0.3) is 0 Å². The Bertz CT molecular complexity index is 1380. The van der Waals surface area contributed by atoms with Crippen LogP contribution in [0.5, 0.6) is 5.75 Å². The lowest BCUT2D eigenvalue weighted by molar-refractivity contribution is -0.139. The van der Waals surface area contributed by atoms with E-state index in [0.29, 0.717) is 23.6 Å². The second kappa shape index (κ2) is 14.9. The molecule has 2 atom stereocenters. The first-order valence-electron chi connectivity index (χ1n) is 13.7. The van der Waals surface area contributed by atoms with Crippen molar-refractivity contribution in [2.75, 3.05) is 24.5 Å². The zero-order chi connectivity index (χ0) is 30.0. The average Bonchev–Trinajstić information content (AvgIpc) is 2.98. The van der Waals surface area contributed by atoms with Crippen molar-refractivity contribution in [1.29, 1.82) is 0 Å². The Hall–Kier alpha value is -3.56. The maximum atomic E-state index is 14.0. The number of hydrogen-bond donors (Lipinski definition) is 1. The van der Waals surface area contributed by atoms with E-state index in [-0.39, 0.29) is 29.1 Å². The molecule has 3 aromatic carbocycles. The van der Waals surface area contributed by atoms with E-state index in [1.54, 1.807) is 36.4 Å². The van der Waals surface area contributed by atoms with E-state index in [0.717, 1.165) is 16.3 Å². The number of rotatable bonds is 14. The molecule has 0 heterocycles. The Kier molecular flexibility index (Phi) is 11.6. The van der Waals surface area contributed by atoms with E-state index in [9.17, 15) is 18.0 Å². The minimum Gasteiger partial charge on any atom is -0.497 e. The SMILES string of the molecule is CCC(C)NC(=O)C(CC)N(CCc1ccccc1)C(=O)CN(c1ccc(Cl)cc1)S(=O)(=O)c1ccc(OC)cc1. The molecule has 0 fully saturated rings. The van der Waals surface area contributed by atoms with Gasteiger partial charge in [0.25, 0.3) is 10.0 Å². The van der Waals surface area contributed by atoms with Crippen LogP contribution >= 0.6 is 11.6 Å². The largest absolute Gasteiger partial charge is 0.497 e. The fourth-order valence-corrected chi connectivity index (χ4v) is 5.89. The van der Waals surface area contributed by atoms with Crippen LogP contribution in [0.15, 0.2) is 83.8 Å². The number of halogens is 1. The number of nitrogens with zero attached hydrogens (tertiary/aromatic N) is 2. The van der Waals surface area contributed by atoms with Crippen LogP contribution in [-0.4, -0.2) is 57.4 Å². The van der Waals surface area contributed by atoms with Crippen molar-refractivity contribution >= 4 is 39.1 Å². The van der Waals surface area contributed by atoms with Crippen LogP contribution in [0.4, 0.5) is 5.69 Å². The summed E-state index contributed by atoms with van der Waals surface area (Å²) >= 11 is 6.08. The number of ether oxygens (including phenoxy) is 1. The first-order chi connectivity index (χ1) is 19.6. The zero-order valence-corrected chi connectivity index (χ0v) is 25.5. The third-order valence-corrected chi connectivity index (χ3v) is 8.95. The zero-order valence-electron chi connectivity index (χ0n) is 23.9. The monoisotopic (exact) mass is 599 g/mol. The number of anilines is 1. The first kappa shape index (κ1) is 32.0. The number of methoxy groups -OCH3 is 1. The maximum Gasteiger partial charge on any atom is 0.264 e. The number of hydrogen-bond acceptors (Lipinski definition) is 5. The van der Waals surface area contributed by atoms with E-state index < -0.39 is 28.5 Å². The van der Waals surface area contributed by atoms with Gasteiger partial charge in [-0.2, -0.15) is 0 Å². The molecule has 8 nitrogen and oxygen atoms in total. The molecule has 0 spiro atoms. The van der Waals surface area contributed by atoms with Crippen LogP contribution < -0.4 is 14.4 Å². The lowest BCUT2D eigenvalue weighted by atomic mass is 10.1. The Morgan fingerprint density at radius 1 is 0.927 bits per heavy atom. The second-order valence-corrected chi connectivity index (χ2v) is 12.0. The summed E-state index contributed by atoms with van der Waals surface area (Å²) in [6, 6.07) is 21.0. The molecular weight excluding hydrogens is 562 g/mol. The molecule has 10 heteroatoms. The van der Waals surface area contributed by atoms with Gasteiger partial charge in [0.15, 0.2) is 0 Å². The van der Waals surface area contributed by atoms with Crippen LogP contribution in [0, 0.1) is 0 Å². The highest BCUT2D eigenvalue weighted by atomic mass is 35.5. The molecule has 0 radical (unpaired) electrons. The van der Waals surface area contributed by atoms with Gasteiger partial charge in [-0.25, -0.2) is 8.42 Å². The minimum atomic E-state index is -4.18. The van der Waals surface area contributed by atoms with Gasteiger partial charge < -0.3 is 15.0 Å². The molecule has 2 amide bonds. The molecule has 0 aromatic heterocycles. The van der Waals surface area contributed by atoms with Crippen molar-refractivity contribution in [3.05, 3.63) is 89.4 Å². The summed E-state index contributed by atoms with van der Waals surface area (Å²) in [5, 5.41) is 3.41. The Morgan fingerprint density at radius 3 is 2.12 bits per heavy atom. The van der Waals surface area contributed by atoms with Gasteiger partial charge in [-0.15, -0.1) is 0 Å². The smallest absolute Gasteiger partial charge is 0.264 e. The van der Waals surface area contributed by atoms with Gasteiger partial charge in [0.1, 0.15) is 18.3 Å². The molecule has 0 bridgehead atoms. The normalized spacial score (nSPS) is 12.7. The third kappa shape index (κ3) is 8.47. The average molecular weight is 600 g/mol. The number of benzene rings is 3. The number of sulfonamides is 1. The van der Waals surface area contributed by atoms with Gasteiger partial charge in [0.2, 0.25) is 11.8 Å². The van der Waals surface area contributed by atoms with Gasteiger partial charge in [-0.1, -0.05) is 55.8 Å². The van der Waals surface area contributed by atoms with E-state index in [1.807, 2.05) is 51.1 Å². The highest BCUT2D eigenvalue weighted by molar-refractivity contribution is 7.92. The molecule has 0 saturated heterocycles. The third-order valence-electron chi connectivity index (χ3n) is 6.91. The molecule has 0 saturated carbocycles. The van der Waals surface area contributed by atoms with Crippen molar-refractivity contribution in [2.24, 2.45) is 0 Å². The maximum absolute atomic E-state index is 14.0. The molecule has 220 valence electrons.